The Morgan fingerprint density at radius 1 is 1.48 bits per heavy atom. The topological polar surface area (TPSA) is 83.9 Å². The number of amides is 1. The number of allylic oxidation sites excluding steroid dienone is 1. The number of β-lactam (4-membered cyclic amide) rings is 1. The summed E-state index contributed by atoms with van der Waals surface area (Å²) in [4.78, 5) is 36.4. The first kappa shape index (κ1) is 17.8. The Labute approximate surface area is 140 Å². The number of hydrogen-bond acceptors (Lipinski definition) is 5. The molecule has 1 amide bonds. The molecular weight excluding hydrogens is 318 g/mol. The van der Waals surface area contributed by atoms with E-state index in [4.69, 9.17) is 0 Å². The van der Waals surface area contributed by atoms with Crippen LogP contribution in [0.15, 0.2) is 12.2 Å². The fraction of sp³-hybridized carbons (Fsp3) is 0.688. The van der Waals surface area contributed by atoms with Gasteiger partial charge in [0, 0.05) is 17.4 Å². The van der Waals surface area contributed by atoms with Gasteiger partial charge < -0.3 is 14.7 Å². The van der Waals surface area contributed by atoms with E-state index in [-0.39, 0.29) is 23.1 Å². The summed E-state index contributed by atoms with van der Waals surface area (Å²) >= 11 is 1.66. The van der Waals surface area contributed by atoms with Gasteiger partial charge in [-0.2, -0.15) is 11.8 Å². The van der Waals surface area contributed by atoms with E-state index in [0.717, 1.165) is 18.6 Å². The number of unbranched alkanes of at least 4 members (excludes halogenated alkanes) is 1. The van der Waals surface area contributed by atoms with Crippen molar-refractivity contribution < 1.29 is 24.2 Å². The van der Waals surface area contributed by atoms with Crippen molar-refractivity contribution in [1.82, 2.24) is 4.90 Å². The number of fused-ring (bicyclic) bond motifs is 1. The predicted molar refractivity (Wildman–Crippen MR) is 87.1 cm³/mol. The van der Waals surface area contributed by atoms with E-state index in [9.17, 15) is 19.5 Å². The second kappa shape index (κ2) is 7.86. The first-order valence-corrected chi connectivity index (χ1v) is 8.97. The van der Waals surface area contributed by atoms with Crippen LogP contribution in [0.2, 0.25) is 0 Å². The first-order chi connectivity index (χ1) is 11.0. The van der Waals surface area contributed by atoms with Crippen LogP contribution in [0.3, 0.4) is 0 Å². The van der Waals surface area contributed by atoms with Crippen molar-refractivity contribution >= 4 is 29.6 Å². The fourth-order valence-corrected chi connectivity index (χ4v) is 4.77. The molecule has 2 saturated heterocycles. The van der Waals surface area contributed by atoms with Gasteiger partial charge in [0.2, 0.25) is 5.91 Å². The molecule has 128 valence electrons. The summed E-state index contributed by atoms with van der Waals surface area (Å²) in [5.74, 6) is -0.771. The number of nitrogens with zero attached hydrogens (tertiary/aromatic N) is 1. The molecule has 2 heterocycles. The summed E-state index contributed by atoms with van der Waals surface area (Å²) < 4.78 is 4.52. The van der Waals surface area contributed by atoms with Gasteiger partial charge in [0.1, 0.15) is 6.04 Å². The smallest absolute Gasteiger partial charge is 0.330 e. The molecule has 23 heavy (non-hydrogen) atoms. The Hall–Kier alpha value is -1.50. The van der Waals surface area contributed by atoms with Crippen LogP contribution in [0.4, 0.5) is 0 Å². The van der Waals surface area contributed by atoms with Gasteiger partial charge in [0.25, 0.3) is 0 Å². The van der Waals surface area contributed by atoms with Crippen LogP contribution in [0.25, 0.3) is 0 Å². The van der Waals surface area contributed by atoms with E-state index >= 15 is 0 Å². The SMILES string of the molecule is CCCCSC1CC2C(CC=CC(=O)OC)C(=O)N2C1C(=O)O. The lowest BCUT2D eigenvalue weighted by atomic mass is 9.85. The number of thioether (sulfide) groups is 1. The third-order valence-electron chi connectivity index (χ3n) is 4.45. The van der Waals surface area contributed by atoms with E-state index in [1.807, 2.05) is 0 Å². The highest BCUT2D eigenvalue weighted by molar-refractivity contribution is 8.00. The van der Waals surface area contributed by atoms with Gasteiger partial charge in [-0.1, -0.05) is 19.4 Å². The number of hydrogen-bond donors (Lipinski definition) is 1. The molecule has 2 fully saturated rings. The summed E-state index contributed by atoms with van der Waals surface area (Å²) in [6.45, 7) is 2.10. The second-order valence-electron chi connectivity index (χ2n) is 5.86. The molecule has 0 aromatic heterocycles. The number of esters is 1. The van der Waals surface area contributed by atoms with E-state index in [2.05, 4.69) is 11.7 Å². The molecule has 6 nitrogen and oxygen atoms in total. The Kier molecular flexibility index (Phi) is 6.10. The van der Waals surface area contributed by atoms with Crippen LogP contribution >= 0.6 is 11.8 Å². The number of carboxylic acids is 1. The minimum atomic E-state index is -0.918. The van der Waals surface area contributed by atoms with Gasteiger partial charge in [-0.15, -0.1) is 0 Å². The number of carboxylic acid groups (broad SMARTS) is 1. The van der Waals surface area contributed by atoms with Crippen molar-refractivity contribution in [2.45, 2.75) is 49.9 Å². The molecule has 0 saturated carbocycles. The van der Waals surface area contributed by atoms with Crippen molar-refractivity contribution in [2.75, 3.05) is 12.9 Å². The molecule has 2 aliphatic heterocycles. The molecule has 0 aromatic rings. The third kappa shape index (κ3) is 3.71. The van der Waals surface area contributed by atoms with Crippen molar-refractivity contribution in [1.29, 1.82) is 0 Å². The standard InChI is InChI=1S/C16H23NO5S/c1-3-4-8-23-12-9-11-10(6-5-7-13(18)22-2)15(19)17(11)14(12)16(20)21/h5,7,10-12,14H,3-4,6,8-9H2,1-2H3,(H,20,21). The zero-order valence-electron chi connectivity index (χ0n) is 13.4. The van der Waals surface area contributed by atoms with Crippen molar-refractivity contribution in [3.8, 4) is 0 Å². The van der Waals surface area contributed by atoms with E-state index in [1.54, 1.807) is 17.8 Å². The van der Waals surface area contributed by atoms with Crippen LogP contribution in [0.5, 0.6) is 0 Å². The monoisotopic (exact) mass is 341 g/mol. The molecule has 0 bridgehead atoms. The Morgan fingerprint density at radius 3 is 2.83 bits per heavy atom. The normalized spacial score (nSPS) is 29.5. The average Bonchev–Trinajstić information content (AvgIpc) is 2.87. The predicted octanol–water partition coefficient (Wildman–Crippen LogP) is 1.69. The van der Waals surface area contributed by atoms with E-state index < -0.39 is 18.0 Å². The van der Waals surface area contributed by atoms with E-state index in [0.29, 0.717) is 12.8 Å². The maximum absolute atomic E-state index is 12.3. The first-order valence-electron chi connectivity index (χ1n) is 7.92. The molecular formula is C16H23NO5S. The van der Waals surface area contributed by atoms with Crippen molar-refractivity contribution in [3.05, 3.63) is 12.2 Å². The Morgan fingerprint density at radius 2 is 2.22 bits per heavy atom. The molecule has 2 rings (SSSR count). The Bertz CT molecular complexity index is 507. The van der Waals surface area contributed by atoms with Crippen LogP contribution in [0, 0.1) is 5.92 Å². The number of aliphatic carboxylic acids is 1. The number of carbonyl (C=O) groups is 3. The highest BCUT2D eigenvalue weighted by Gasteiger charge is 2.59. The average molecular weight is 341 g/mol. The highest BCUT2D eigenvalue weighted by atomic mass is 32.2. The van der Waals surface area contributed by atoms with Gasteiger partial charge in [0.15, 0.2) is 0 Å². The number of rotatable bonds is 8. The van der Waals surface area contributed by atoms with Crippen LogP contribution in [-0.2, 0) is 19.1 Å². The largest absolute Gasteiger partial charge is 0.480 e. The van der Waals surface area contributed by atoms with Crippen molar-refractivity contribution in [2.24, 2.45) is 5.92 Å². The molecule has 4 unspecified atom stereocenters. The summed E-state index contributed by atoms with van der Waals surface area (Å²) in [7, 11) is 1.30. The lowest BCUT2D eigenvalue weighted by Gasteiger charge is -2.44. The van der Waals surface area contributed by atoms with Crippen LogP contribution in [0.1, 0.15) is 32.6 Å². The minimum Gasteiger partial charge on any atom is -0.480 e. The van der Waals surface area contributed by atoms with Crippen LogP contribution < -0.4 is 0 Å². The molecule has 0 aliphatic carbocycles. The number of carbonyl (C=O) groups excluding carboxylic acids is 2. The lowest BCUT2D eigenvalue weighted by Crippen LogP contribution is -2.61. The zero-order chi connectivity index (χ0) is 17.0. The van der Waals surface area contributed by atoms with Gasteiger partial charge in [-0.05, 0) is 25.0 Å². The molecule has 1 N–H and O–H groups in total. The molecule has 4 atom stereocenters. The maximum Gasteiger partial charge on any atom is 0.330 e. The van der Waals surface area contributed by atoms with Crippen LogP contribution in [-0.4, -0.2) is 58.0 Å². The van der Waals surface area contributed by atoms with Gasteiger partial charge in [-0.25, -0.2) is 9.59 Å². The minimum absolute atomic E-state index is 0.0231. The van der Waals surface area contributed by atoms with Crippen molar-refractivity contribution in [3.63, 3.8) is 0 Å². The number of ether oxygens (including phenoxy) is 1. The summed E-state index contributed by atoms with van der Waals surface area (Å²) in [5, 5.41) is 9.43. The highest BCUT2D eigenvalue weighted by Crippen LogP contribution is 2.45. The zero-order valence-corrected chi connectivity index (χ0v) is 14.3. The number of methoxy groups -OCH3 is 1. The maximum atomic E-state index is 12.3. The third-order valence-corrected chi connectivity index (χ3v) is 5.85. The summed E-state index contributed by atoms with van der Waals surface area (Å²) in [5.41, 5.74) is 0. The quantitative estimate of drug-likeness (QED) is 0.313. The van der Waals surface area contributed by atoms with Gasteiger partial charge in [0.05, 0.1) is 13.0 Å². The molecule has 0 radical (unpaired) electrons. The molecule has 0 spiro atoms. The van der Waals surface area contributed by atoms with Gasteiger partial charge >= 0.3 is 11.9 Å². The lowest BCUT2D eigenvalue weighted by molar-refractivity contribution is -0.163. The summed E-state index contributed by atoms with van der Waals surface area (Å²) in [6, 6.07) is -0.736. The molecule has 7 heteroatoms. The Balaban J connectivity index is 1.98. The van der Waals surface area contributed by atoms with E-state index in [1.165, 1.54) is 18.1 Å². The van der Waals surface area contributed by atoms with Gasteiger partial charge in [-0.3, -0.25) is 4.79 Å². The fourth-order valence-electron chi connectivity index (χ4n) is 3.25. The molecule has 0 aromatic carbocycles. The second-order valence-corrected chi connectivity index (χ2v) is 7.21. The molecule has 2 aliphatic rings. The summed E-state index contributed by atoms with van der Waals surface area (Å²) in [6.07, 6.45) is 6.25.